The standard InChI is InChI=1S/C16H13ClFN5O2/c17-16-19-6-11-7-20-23(15(11)21-16)8-10-3-12(18)5-13(4-10)22-1-2-25-9-14(22)24/h3-7H,1-2,8-9H2. The first-order valence-electron chi connectivity index (χ1n) is 7.62. The van der Waals surface area contributed by atoms with Gasteiger partial charge in [-0.1, -0.05) is 0 Å². The summed E-state index contributed by atoms with van der Waals surface area (Å²) in [5.74, 6) is -0.609. The van der Waals surface area contributed by atoms with Crippen LogP contribution in [0.3, 0.4) is 0 Å². The molecule has 0 radical (unpaired) electrons. The minimum atomic E-state index is -0.420. The Kier molecular flexibility index (Phi) is 4.06. The molecule has 25 heavy (non-hydrogen) atoms. The summed E-state index contributed by atoms with van der Waals surface area (Å²) in [5, 5.41) is 5.11. The van der Waals surface area contributed by atoms with Crippen LogP contribution in [-0.2, 0) is 16.1 Å². The first kappa shape index (κ1) is 15.9. The molecular formula is C16H13ClFN5O2. The zero-order chi connectivity index (χ0) is 17.4. The van der Waals surface area contributed by atoms with Crippen LogP contribution in [0.2, 0.25) is 5.28 Å². The number of aromatic nitrogens is 4. The van der Waals surface area contributed by atoms with Crippen molar-refractivity contribution in [3.63, 3.8) is 0 Å². The Morgan fingerprint density at radius 2 is 2.16 bits per heavy atom. The molecule has 1 saturated heterocycles. The second-order valence-electron chi connectivity index (χ2n) is 5.64. The molecule has 0 bridgehead atoms. The molecule has 1 aliphatic rings. The summed E-state index contributed by atoms with van der Waals surface area (Å²) >= 11 is 5.84. The van der Waals surface area contributed by atoms with Crippen molar-refractivity contribution in [2.24, 2.45) is 0 Å². The number of morpholine rings is 1. The number of ether oxygens (including phenoxy) is 1. The Balaban J connectivity index is 1.68. The van der Waals surface area contributed by atoms with Crippen LogP contribution in [0.25, 0.3) is 11.0 Å². The Morgan fingerprint density at radius 3 is 3.00 bits per heavy atom. The van der Waals surface area contributed by atoms with Gasteiger partial charge in [-0.3, -0.25) is 4.79 Å². The predicted octanol–water partition coefficient (Wildman–Crippen LogP) is 2.03. The van der Waals surface area contributed by atoms with E-state index in [-0.39, 0.29) is 17.8 Å². The SMILES string of the molecule is O=C1COCCN1c1cc(F)cc(Cn2ncc3cnc(Cl)nc32)c1. The number of carbonyl (C=O) groups is 1. The van der Waals surface area contributed by atoms with Crippen LogP contribution >= 0.6 is 11.6 Å². The van der Waals surface area contributed by atoms with Crippen LogP contribution in [0, 0.1) is 5.82 Å². The molecule has 0 spiro atoms. The molecule has 0 N–H and O–H groups in total. The topological polar surface area (TPSA) is 73.1 Å². The Hall–Kier alpha value is -2.58. The van der Waals surface area contributed by atoms with E-state index < -0.39 is 5.82 Å². The highest BCUT2D eigenvalue weighted by atomic mass is 35.5. The van der Waals surface area contributed by atoms with Crippen LogP contribution in [0.1, 0.15) is 5.56 Å². The number of hydrogen-bond acceptors (Lipinski definition) is 5. The van der Waals surface area contributed by atoms with E-state index in [1.165, 1.54) is 17.0 Å². The highest BCUT2D eigenvalue weighted by Gasteiger charge is 2.21. The number of fused-ring (bicyclic) bond motifs is 1. The number of carbonyl (C=O) groups excluding carboxylic acids is 1. The van der Waals surface area contributed by atoms with Crippen LogP contribution in [-0.4, -0.2) is 45.4 Å². The van der Waals surface area contributed by atoms with E-state index in [1.807, 2.05) is 0 Å². The fraction of sp³-hybridized carbons (Fsp3) is 0.250. The minimum Gasteiger partial charge on any atom is -0.370 e. The lowest BCUT2D eigenvalue weighted by Crippen LogP contribution is -2.41. The predicted molar refractivity (Wildman–Crippen MR) is 89.0 cm³/mol. The zero-order valence-corrected chi connectivity index (χ0v) is 13.8. The van der Waals surface area contributed by atoms with E-state index in [0.29, 0.717) is 36.6 Å². The van der Waals surface area contributed by atoms with Gasteiger partial charge in [-0.2, -0.15) is 10.1 Å². The molecule has 9 heteroatoms. The van der Waals surface area contributed by atoms with Crippen molar-refractivity contribution < 1.29 is 13.9 Å². The summed E-state index contributed by atoms with van der Waals surface area (Å²) in [7, 11) is 0. The van der Waals surface area contributed by atoms with E-state index in [1.54, 1.807) is 23.1 Å². The Bertz CT molecular complexity index is 961. The molecule has 7 nitrogen and oxygen atoms in total. The smallest absolute Gasteiger partial charge is 0.253 e. The minimum absolute atomic E-state index is 0.00502. The van der Waals surface area contributed by atoms with Crippen molar-refractivity contribution >= 4 is 34.2 Å². The highest BCUT2D eigenvalue weighted by molar-refractivity contribution is 6.28. The number of anilines is 1. The monoisotopic (exact) mass is 361 g/mol. The van der Waals surface area contributed by atoms with Gasteiger partial charge in [-0.25, -0.2) is 14.1 Å². The maximum absolute atomic E-state index is 14.1. The van der Waals surface area contributed by atoms with Gasteiger partial charge < -0.3 is 9.64 Å². The molecule has 3 heterocycles. The summed E-state index contributed by atoms with van der Waals surface area (Å²) in [5.41, 5.74) is 1.73. The van der Waals surface area contributed by atoms with Gasteiger partial charge in [0.2, 0.25) is 5.28 Å². The highest BCUT2D eigenvalue weighted by Crippen LogP contribution is 2.22. The molecule has 1 aromatic carbocycles. The van der Waals surface area contributed by atoms with Crippen LogP contribution in [0.15, 0.2) is 30.6 Å². The lowest BCUT2D eigenvalue weighted by molar-refractivity contribution is -0.125. The van der Waals surface area contributed by atoms with Gasteiger partial charge in [0.15, 0.2) is 5.65 Å². The van der Waals surface area contributed by atoms with Gasteiger partial charge in [-0.05, 0) is 35.4 Å². The summed E-state index contributed by atoms with van der Waals surface area (Å²) in [6.07, 6.45) is 3.20. The van der Waals surface area contributed by atoms with Crippen LogP contribution < -0.4 is 4.90 Å². The molecule has 128 valence electrons. The molecule has 3 aromatic rings. The Morgan fingerprint density at radius 1 is 1.28 bits per heavy atom. The number of halogens is 2. The number of benzene rings is 1. The summed E-state index contributed by atoms with van der Waals surface area (Å²) in [4.78, 5) is 21.6. The first-order valence-corrected chi connectivity index (χ1v) is 7.99. The molecule has 1 aliphatic heterocycles. The van der Waals surface area contributed by atoms with E-state index >= 15 is 0 Å². The van der Waals surface area contributed by atoms with Crippen LogP contribution in [0.5, 0.6) is 0 Å². The lowest BCUT2D eigenvalue weighted by atomic mass is 10.1. The fourth-order valence-corrected chi connectivity index (χ4v) is 2.93. The maximum atomic E-state index is 14.1. The third kappa shape index (κ3) is 3.18. The molecule has 2 aromatic heterocycles. The molecule has 0 aliphatic carbocycles. The maximum Gasteiger partial charge on any atom is 0.253 e. The summed E-state index contributed by atoms with van der Waals surface area (Å²) in [6, 6.07) is 4.51. The molecule has 0 saturated carbocycles. The van der Waals surface area contributed by atoms with Gasteiger partial charge in [0.25, 0.3) is 5.91 Å². The molecular weight excluding hydrogens is 349 g/mol. The van der Waals surface area contributed by atoms with Gasteiger partial charge in [0.1, 0.15) is 12.4 Å². The quantitative estimate of drug-likeness (QED) is 0.667. The molecule has 4 rings (SSSR count). The van der Waals surface area contributed by atoms with Gasteiger partial charge >= 0.3 is 0 Å². The largest absolute Gasteiger partial charge is 0.370 e. The van der Waals surface area contributed by atoms with Crippen molar-refractivity contribution in [1.82, 2.24) is 19.7 Å². The average molecular weight is 362 g/mol. The second kappa shape index (κ2) is 6.38. The zero-order valence-electron chi connectivity index (χ0n) is 13.0. The normalized spacial score (nSPS) is 15.1. The number of hydrogen-bond donors (Lipinski definition) is 0. The van der Waals surface area contributed by atoms with Crippen molar-refractivity contribution in [1.29, 1.82) is 0 Å². The molecule has 1 fully saturated rings. The van der Waals surface area contributed by atoms with Crippen LogP contribution in [0.4, 0.5) is 10.1 Å². The number of nitrogens with zero attached hydrogens (tertiary/aromatic N) is 5. The van der Waals surface area contributed by atoms with Gasteiger partial charge in [0.05, 0.1) is 24.7 Å². The van der Waals surface area contributed by atoms with E-state index in [4.69, 9.17) is 16.3 Å². The van der Waals surface area contributed by atoms with Crippen molar-refractivity contribution in [2.75, 3.05) is 24.7 Å². The third-order valence-electron chi connectivity index (χ3n) is 3.92. The van der Waals surface area contributed by atoms with E-state index in [9.17, 15) is 9.18 Å². The first-order chi connectivity index (χ1) is 12.1. The molecule has 0 atom stereocenters. The number of rotatable bonds is 3. The average Bonchev–Trinajstić information content (AvgIpc) is 2.97. The summed E-state index contributed by atoms with van der Waals surface area (Å²) in [6.45, 7) is 1.12. The van der Waals surface area contributed by atoms with Crippen molar-refractivity contribution in [3.05, 3.63) is 47.3 Å². The van der Waals surface area contributed by atoms with Crippen molar-refractivity contribution in [3.8, 4) is 0 Å². The number of amides is 1. The molecule has 1 amide bonds. The summed E-state index contributed by atoms with van der Waals surface area (Å²) < 4.78 is 20.8. The Labute approximate surface area is 147 Å². The third-order valence-corrected chi connectivity index (χ3v) is 4.10. The van der Waals surface area contributed by atoms with E-state index in [2.05, 4.69) is 15.1 Å². The van der Waals surface area contributed by atoms with Gasteiger partial charge in [0, 0.05) is 18.4 Å². The lowest BCUT2D eigenvalue weighted by Gasteiger charge is -2.27. The fourth-order valence-electron chi connectivity index (χ4n) is 2.81. The second-order valence-corrected chi connectivity index (χ2v) is 5.97. The van der Waals surface area contributed by atoms with E-state index in [0.717, 1.165) is 5.39 Å². The van der Waals surface area contributed by atoms with Gasteiger partial charge in [-0.15, -0.1) is 0 Å². The molecule has 0 unspecified atom stereocenters. The van der Waals surface area contributed by atoms with Crippen molar-refractivity contribution in [2.45, 2.75) is 6.54 Å².